The third kappa shape index (κ3) is 5.60. The molecule has 1 aliphatic heterocycles. The van der Waals surface area contributed by atoms with Gasteiger partial charge in [-0.1, -0.05) is 29.8 Å². The largest absolute Gasteiger partial charge is 0.444 e. The van der Waals surface area contributed by atoms with Crippen LogP contribution in [0.5, 0.6) is 0 Å². The van der Waals surface area contributed by atoms with E-state index in [1.807, 2.05) is 32.9 Å². The molecule has 1 aliphatic rings. The molecule has 0 radical (unpaired) electrons. The summed E-state index contributed by atoms with van der Waals surface area (Å²) >= 11 is 6.16. The monoisotopic (exact) mass is 468 g/mol. The zero-order chi connectivity index (χ0) is 23.6. The highest BCUT2D eigenvalue weighted by Crippen LogP contribution is 2.28. The highest BCUT2D eigenvalue weighted by atomic mass is 35.5. The number of rotatable bonds is 4. The number of hydrogen-bond donors (Lipinski definition) is 1. The molecule has 0 aliphatic carbocycles. The van der Waals surface area contributed by atoms with Gasteiger partial charge in [0, 0.05) is 25.2 Å². The van der Waals surface area contributed by atoms with Gasteiger partial charge in [-0.3, -0.25) is 0 Å². The number of nitrogens with zero attached hydrogens (tertiary/aromatic N) is 3. The number of nitrogens with one attached hydrogen (secondary N) is 1. The van der Waals surface area contributed by atoms with Crippen LogP contribution < -0.4 is 5.32 Å². The molecule has 33 heavy (non-hydrogen) atoms. The summed E-state index contributed by atoms with van der Waals surface area (Å²) in [7, 11) is 0. The van der Waals surface area contributed by atoms with Crippen molar-refractivity contribution in [3.63, 3.8) is 0 Å². The maximum absolute atomic E-state index is 13.6. The minimum absolute atomic E-state index is 0.287. The first-order chi connectivity index (χ1) is 15.7. The van der Waals surface area contributed by atoms with Crippen LogP contribution in [0.1, 0.15) is 37.5 Å². The van der Waals surface area contributed by atoms with Gasteiger partial charge in [-0.2, -0.15) is 0 Å². The first-order valence-corrected chi connectivity index (χ1v) is 11.2. The summed E-state index contributed by atoms with van der Waals surface area (Å²) in [5, 5.41) is 12.1. The molecule has 0 fully saturated rings. The molecule has 1 N–H and O–H groups in total. The van der Waals surface area contributed by atoms with Gasteiger partial charge in [0.25, 0.3) is 0 Å². The predicted molar refractivity (Wildman–Crippen MR) is 127 cm³/mol. The van der Waals surface area contributed by atoms with Gasteiger partial charge >= 0.3 is 6.09 Å². The van der Waals surface area contributed by atoms with Crippen LogP contribution in [0.2, 0.25) is 5.02 Å². The van der Waals surface area contributed by atoms with Crippen molar-refractivity contribution in [2.24, 2.45) is 0 Å². The average Bonchev–Trinajstić information content (AvgIpc) is 2.78. The first kappa shape index (κ1) is 23.0. The van der Waals surface area contributed by atoms with Crippen LogP contribution in [-0.2, 0) is 24.2 Å². The van der Waals surface area contributed by atoms with E-state index in [9.17, 15) is 9.18 Å². The molecule has 2 aromatic carbocycles. The van der Waals surface area contributed by atoms with Gasteiger partial charge in [-0.05, 0) is 74.2 Å². The second-order valence-electron chi connectivity index (χ2n) is 8.99. The van der Waals surface area contributed by atoms with E-state index in [0.717, 1.165) is 17.5 Å². The van der Waals surface area contributed by atoms with Gasteiger partial charge in [0.15, 0.2) is 0 Å². The van der Waals surface area contributed by atoms with Crippen LogP contribution >= 0.6 is 11.6 Å². The minimum atomic E-state index is -0.514. The number of carbonyl (C=O) groups excluding carboxylic acids is 1. The van der Waals surface area contributed by atoms with E-state index in [1.165, 1.54) is 23.8 Å². The van der Waals surface area contributed by atoms with Gasteiger partial charge in [-0.25, -0.2) is 9.18 Å². The molecule has 4 rings (SSSR count). The second-order valence-corrected chi connectivity index (χ2v) is 9.40. The highest BCUT2D eigenvalue weighted by molar-refractivity contribution is 6.33. The van der Waals surface area contributed by atoms with Gasteiger partial charge in [-0.15, -0.1) is 10.2 Å². The van der Waals surface area contributed by atoms with E-state index >= 15 is 0 Å². The topological polar surface area (TPSA) is 67.3 Å². The summed E-state index contributed by atoms with van der Waals surface area (Å²) in [6.07, 6.45) is 0.472. The maximum Gasteiger partial charge on any atom is 0.410 e. The van der Waals surface area contributed by atoms with Crippen LogP contribution in [0.15, 0.2) is 48.5 Å². The number of fused-ring (bicyclic) bond motifs is 1. The standard InChI is InChI=1S/C25H26ClFN4O2/c1-25(2,3)33-24(32)31-12-11-19-16(5-4-6-17(19)15-31)14-28-23-10-9-22(29-30-23)20-13-18(27)7-8-21(20)26/h4-10,13H,11-12,14-15H2,1-3H3,(H,28,30). The second kappa shape index (κ2) is 9.35. The van der Waals surface area contributed by atoms with Crippen molar-refractivity contribution in [1.82, 2.24) is 15.1 Å². The first-order valence-electron chi connectivity index (χ1n) is 10.8. The molecule has 0 saturated heterocycles. The minimum Gasteiger partial charge on any atom is -0.444 e. The normalized spacial score (nSPS) is 13.4. The van der Waals surface area contributed by atoms with Crippen LogP contribution in [0.3, 0.4) is 0 Å². The highest BCUT2D eigenvalue weighted by Gasteiger charge is 2.26. The van der Waals surface area contributed by atoms with Crippen LogP contribution in [0.25, 0.3) is 11.3 Å². The molecule has 0 atom stereocenters. The number of aromatic nitrogens is 2. The molecule has 0 saturated carbocycles. The number of hydrogen-bond acceptors (Lipinski definition) is 5. The van der Waals surface area contributed by atoms with Crippen molar-refractivity contribution >= 4 is 23.5 Å². The Morgan fingerprint density at radius 3 is 2.73 bits per heavy atom. The fourth-order valence-electron chi connectivity index (χ4n) is 3.79. The Morgan fingerprint density at radius 2 is 2.00 bits per heavy atom. The van der Waals surface area contributed by atoms with Crippen molar-refractivity contribution in [3.05, 3.63) is 76.1 Å². The molecule has 6 nitrogen and oxygen atoms in total. The van der Waals surface area contributed by atoms with Crippen molar-refractivity contribution in [2.45, 2.75) is 45.9 Å². The summed E-state index contributed by atoms with van der Waals surface area (Å²) in [4.78, 5) is 14.2. The molecular formula is C25H26ClFN4O2. The number of halogens is 2. The number of carbonyl (C=O) groups is 1. The van der Waals surface area contributed by atoms with Gasteiger partial charge < -0.3 is 15.0 Å². The number of amides is 1. The molecule has 1 amide bonds. The summed E-state index contributed by atoms with van der Waals surface area (Å²) in [6.45, 7) is 7.32. The molecule has 2 heterocycles. The fraction of sp³-hybridized carbons (Fsp3) is 0.320. The van der Waals surface area contributed by atoms with Crippen molar-refractivity contribution in [3.8, 4) is 11.3 Å². The Bertz CT molecular complexity index is 1160. The van der Waals surface area contributed by atoms with E-state index in [2.05, 4.69) is 21.6 Å². The van der Waals surface area contributed by atoms with Crippen molar-refractivity contribution in [2.75, 3.05) is 11.9 Å². The Morgan fingerprint density at radius 1 is 1.18 bits per heavy atom. The summed E-state index contributed by atoms with van der Waals surface area (Å²) in [5.74, 6) is 0.229. The number of ether oxygens (including phenoxy) is 1. The molecule has 0 bridgehead atoms. The van der Waals surface area contributed by atoms with E-state index < -0.39 is 5.60 Å². The fourth-order valence-corrected chi connectivity index (χ4v) is 4.00. The van der Waals surface area contributed by atoms with Crippen LogP contribution in [0.4, 0.5) is 15.0 Å². The van der Waals surface area contributed by atoms with E-state index in [-0.39, 0.29) is 11.9 Å². The quantitative estimate of drug-likeness (QED) is 0.521. The predicted octanol–water partition coefficient (Wildman–Crippen LogP) is 5.84. The van der Waals surface area contributed by atoms with E-state index in [4.69, 9.17) is 16.3 Å². The molecule has 8 heteroatoms. The summed E-state index contributed by atoms with van der Waals surface area (Å²) in [6, 6.07) is 13.8. The Hall–Kier alpha value is -3.19. The lowest BCUT2D eigenvalue weighted by molar-refractivity contribution is 0.0223. The van der Waals surface area contributed by atoms with Crippen molar-refractivity contribution in [1.29, 1.82) is 0 Å². The summed E-state index contributed by atoms with van der Waals surface area (Å²) in [5.41, 5.74) is 4.00. The lowest BCUT2D eigenvalue weighted by Gasteiger charge is -2.32. The lowest BCUT2D eigenvalue weighted by Crippen LogP contribution is -2.40. The van der Waals surface area contributed by atoms with Gasteiger partial charge in [0.05, 0.1) is 10.7 Å². The average molecular weight is 469 g/mol. The molecule has 0 unspecified atom stereocenters. The lowest BCUT2D eigenvalue weighted by atomic mass is 9.94. The Kier molecular flexibility index (Phi) is 6.51. The van der Waals surface area contributed by atoms with Crippen molar-refractivity contribution < 1.29 is 13.9 Å². The van der Waals surface area contributed by atoms with Gasteiger partial charge in [0.1, 0.15) is 17.2 Å². The maximum atomic E-state index is 13.6. The Balaban J connectivity index is 1.42. The smallest absolute Gasteiger partial charge is 0.410 e. The van der Waals surface area contributed by atoms with E-state index in [1.54, 1.807) is 17.0 Å². The molecule has 3 aromatic rings. The SMILES string of the molecule is CC(C)(C)OC(=O)N1CCc2c(CNc3ccc(-c4cc(F)ccc4Cl)nn3)cccc2C1. The number of benzene rings is 2. The Labute approximate surface area is 197 Å². The summed E-state index contributed by atoms with van der Waals surface area (Å²) < 4.78 is 19.1. The molecular weight excluding hydrogens is 443 g/mol. The molecule has 0 spiro atoms. The van der Waals surface area contributed by atoms with Gasteiger partial charge in [0.2, 0.25) is 0 Å². The van der Waals surface area contributed by atoms with E-state index in [0.29, 0.717) is 41.7 Å². The molecule has 1 aromatic heterocycles. The van der Waals surface area contributed by atoms with Crippen LogP contribution in [-0.4, -0.2) is 33.3 Å². The zero-order valence-electron chi connectivity index (χ0n) is 18.9. The third-order valence-corrected chi connectivity index (χ3v) is 5.67. The third-order valence-electron chi connectivity index (χ3n) is 5.34. The molecule has 172 valence electrons. The zero-order valence-corrected chi connectivity index (χ0v) is 19.6. The number of anilines is 1. The van der Waals surface area contributed by atoms with Crippen LogP contribution in [0, 0.1) is 5.82 Å².